The van der Waals surface area contributed by atoms with Crippen LogP contribution in [0.15, 0.2) is 114 Å². The first-order chi connectivity index (χ1) is 26.5. The molecule has 56 heavy (non-hydrogen) atoms. The fourth-order valence-corrected chi connectivity index (χ4v) is 9.23. The monoisotopic (exact) mass is 811 g/mol. The summed E-state index contributed by atoms with van der Waals surface area (Å²) < 4.78 is 79.5. The fraction of sp³-hybridized carbons (Fsp3) is 0.350. The van der Waals surface area contributed by atoms with Crippen molar-refractivity contribution >= 4 is 33.2 Å². The average Bonchev–Trinajstić information content (AvgIpc) is 3.89. The molecule has 1 amide bonds. The van der Waals surface area contributed by atoms with E-state index in [4.69, 9.17) is 4.74 Å². The van der Waals surface area contributed by atoms with Crippen LogP contribution in [0.25, 0.3) is 5.69 Å². The maximum absolute atomic E-state index is 15.0. The molecule has 3 aromatic carbocycles. The Morgan fingerprint density at radius 1 is 0.875 bits per heavy atom. The lowest BCUT2D eigenvalue weighted by atomic mass is 9.81. The van der Waals surface area contributed by atoms with Gasteiger partial charge in [0.2, 0.25) is 10.0 Å². The molecule has 11 nitrogen and oxygen atoms in total. The van der Waals surface area contributed by atoms with Crippen LogP contribution >= 0.6 is 11.3 Å². The number of benzene rings is 3. The number of methoxy groups -OCH3 is 1. The number of aliphatic hydroxyl groups is 1. The first-order valence-electron chi connectivity index (χ1n) is 17.8. The molecule has 0 spiro atoms. The zero-order valence-electron chi connectivity index (χ0n) is 31.3. The SMILES string of the molecule is COC(=O)N[C@H](C(=O)C[C@H](c1ccc([C@@H](CO)N(CCC(C)(C)C)S(=O)(=O)c2ccc(-n3nccn3)cc2)s1)C(F)(F)F)C(c1ccccc1)c1ccccc1. The minimum atomic E-state index is -4.92. The van der Waals surface area contributed by atoms with Gasteiger partial charge in [-0.25, -0.2) is 13.2 Å². The molecule has 0 bridgehead atoms. The maximum Gasteiger partial charge on any atom is 0.407 e. The topological polar surface area (TPSA) is 144 Å². The van der Waals surface area contributed by atoms with Gasteiger partial charge >= 0.3 is 12.3 Å². The second-order valence-corrected chi connectivity index (χ2v) is 17.4. The van der Waals surface area contributed by atoms with Gasteiger partial charge in [-0.2, -0.15) is 32.5 Å². The number of thiophene rings is 1. The van der Waals surface area contributed by atoms with E-state index >= 15 is 13.2 Å². The lowest BCUT2D eigenvalue weighted by Crippen LogP contribution is -2.46. The number of sulfonamides is 1. The van der Waals surface area contributed by atoms with Crippen molar-refractivity contribution in [2.45, 2.75) is 68.6 Å². The number of carbonyl (C=O) groups excluding carboxylic acids is 2. The number of nitrogens with zero attached hydrogens (tertiary/aromatic N) is 4. The standard InChI is InChI=1S/C40H44F3N5O6S2/c1-39(2,3)21-24-47(56(52,53)30-17-15-29(16-18-30)48-44-22-23-45-48)32(26-49)35-20-19-34(55-35)31(40(41,42)43)25-33(50)37(46-38(51)54-4)36(27-11-7-5-8-12-27)28-13-9-6-10-14-28/h5-20,22-23,31-32,36-37,49H,21,24-26H2,1-4H3,(H,46,51)/t31-,32-,37-/m1/s1. The van der Waals surface area contributed by atoms with Gasteiger partial charge in [0.05, 0.1) is 48.7 Å². The zero-order valence-corrected chi connectivity index (χ0v) is 32.9. The van der Waals surface area contributed by atoms with Crippen LogP contribution in [0.3, 0.4) is 0 Å². The lowest BCUT2D eigenvalue weighted by Gasteiger charge is -2.32. The Balaban J connectivity index is 1.50. The number of amides is 1. The molecule has 0 unspecified atom stereocenters. The number of ketones is 1. The predicted molar refractivity (Wildman–Crippen MR) is 206 cm³/mol. The molecule has 0 radical (unpaired) electrons. The summed E-state index contributed by atoms with van der Waals surface area (Å²) in [5, 5.41) is 21.3. The minimum Gasteiger partial charge on any atom is -0.453 e. The highest BCUT2D eigenvalue weighted by atomic mass is 32.2. The Morgan fingerprint density at radius 3 is 1.93 bits per heavy atom. The predicted octanol–water partition coefficient (Wildman–Crippen LogP) is 7.65. The van der Waals surface area contributed by atoms with Gasteiger partial charge in [-0.15, -0.1) is 11.3 Å². The number of hydrogen-bond acceptors (Lipinski definition) is 9. The number of halogens is 3. The molecule has 2 N–H and O–H groups in total. The number of hydrogen-bond donors (Lipinski definition) is 2. The summed E-state index contributed by atoms with van der Waals surface area (Å²) in [7, 11) is -3.22. The van der Waals surface area contributed by atoms with E-state index in [9.17, 15) is 23.1 Å². The Labute approximate surface area is 328 Å². The Morgan fingerprint density at radius 2 is 1.43 bits per heavy atom. The number of Topliss-reactive ketones (excluding diaryl/α,β-unsaturated/α-hetero) is 1. The summed E-state index contributed by atoms with van der Waals surface area (Å²) in [4.78, 5) is 27.9. The number of alkyl carbamates (subject to hydrolysis) is 1. The highest BCUT2D eigenvalue weighted by molar-refractivity contribution is 7.89. The molecule has 2 aromatic heterocycles. The largest absolute Gasteiger partial charge is 0.453 e. The maximum atomic E-state index is 15.0. The van der Waals surface area contributed by atoms with Crippen LogP contribution in [0.2, 0.25) is 0 Å². The molecule has 298 valence electrons. The summed E-state index contributed by atoms with van der Waals surface area (Å²) in [5.74, 6) is -4.07. The number of aromatic nitrogens is 3. The summed E-state index contributed by atoms with van der Waals surface area (Å²) in [6.07, 6.45) is -3.62. The van der Waals surface area contributed by atoms with E-state index in [1.54, 1.807) is 60.7 Å². The number of alkyl halides is 3. The van der Waals surface area contributed by atoms with E-state index in [-0.39, 0.29) is 26.6 Å². The fourth-order valence-electron chi connectivity index (χ4n) is 6.32. The van der Waals surface area contributed by atoms with Gasteiger partial charge in [-0.1, -0.05) is 81.4 Å². The van der Waals surface area contributed by atoms with Gasteiger partial charge in [-0.05, 0) is 59.4 Å². The highest BCUT2D eigenvalue weighted by Gasteiger charge is 2.46. The molecule has 3 atom stereocenters. The van der Waals surface area contributed by atoms with Crippen molar-refractivity contribution in [1.82, 2.24) is 24.6 Å². The van der Waals surface area contributed by atoms with E-state index < -0.39 is 65.0 Å². The molecule has 0 aliphatic heterocycles. The summed E-state index contributed by atoms with van der Waals surface area (Å²) in [6.45, 7) is 5.00. The number of aliphatic hydroxyl groups excluding tert-OH is 1. The van der Waals surface area contributed by atoms with Crippen molar-refractivity contribution < 1.29 is 41.0 Å². The normalized spacial score (nSPS) is 14.0. The first kappa shape index (κ1) is 42.2. The lowest BCUT2D eigenvalue weighted by molar-refractivity contribution is -0.156. The van der Waals surface area contributed by atoms with Crippen LogP contribution in [0.1, 0.15) is 72.4 Å². The molecule has 5 rings (SSSR count). The van der Waals surface area contributed by atoms with E-state index in [0.717, 1.165) is 11.4 Å². The van der Waals surface area contributed by atoms with Gasteiger partial charge in [0.1, 0.15) is 6.04 Å². The zero-order chi connectivity index (χ0) is 40.7. The van der Waals surface area contributed by atoms with Gasteiger partial charge in [0.15, 0.2) is 5.78 Å². The first-order valence-corrected chi connectivity index (χ1v) is 20.0. The molecule has 0 aliphatic rings. The van der Waals surface area contributed by atoms with E-state index in [1.807, 2.05) is 20.8 Å². The Bertz CT molecular complexity index is 2100. The third-order valence-corrected chi connectivity index (χ3v) is 12.5. The summed E-state index contributed by atoms with van der Waals surface area (Å²) in [6, 6.07) is 23.0. The Kier molecular flexibility index (Phi) is 13.5. The van der Waals surface area contributed by atoms with Crippen molar-refractivity contribution in [2.75, 3.05) is 20.3 Å². The average molecular weight is 812 g/mol. The van der Waals surface area contributed by atoms with Crippen LogP contribution in [0, 0.1) is 5.41 Å². The molecule has 5 aromatic rings. The molecule has 2 heterocycles. The molecule has 0 saturated carbocycles. The molecular formula is C40H44F3N5O6S2. The van der Waals surface area contributed by atoms with Gasteiger partial charge in [0, 0.05) is 28.6 Å². The van der Waals surface area contributed by atoms with Crippen LogP contribution in [0.4, 0.5) is 18.0 Å². The van der Waals surface area contributed by atoms with Crippen molar-refractivity contribution in [3.63, 3.8) is 0 Å². The van der Waals surface area contributed by atoms with E-state index in [0.29, 0.717) is 34.6 Å². The second kappa shape index (κ2) is 17.9. The molecule has 16 heteroatoms. The third kappa shape index (κ3) is 10.3. The summed E-state index contributed by atoms with van der Waals surface area (Å²) in [5.41, 5.74) is 1.35. The summed E-state index contributed by atoms with van der Waals surface area (Å²) >= 11 is 0.677. The van der Waals surface area contributed by atoms with E-state index in [1.165, 1.54) is 53.6 Å². The van der Waals surface area contributed by atoms with E-state index in [2.05, 4.69) is 15.5 Å². The Hall–Kier alpha value is -4.90. The van der Waals surface area contributed by atoms with Crippen molar-refractivity contribution in [1.29, 1.82) is 0 Å². The van der Waals surface area contributed by atoms with Crippen LogP contribution in [-0.2, 0) is 19.6 Å². The number of rotatable bonds is 16. The molecular weight excluding hydrogens is 768 g/mol. The minimum absolute atomic E-state index is 0.0464. The second-order valence-electron chi connectivity index (χ2n) is 14.4. The molecule has 0 saturated heterocycles. The van der Waals surface area contributed by atoms with Gasteiger partial charge in [-0.3, -0.25) is 4.79 Å². The molecule has 0 fully saturated rings. The van der Waals surface area contributed by atoms with Crippen LogP contribution in [0.5, 0.6) is 0 Å². The van der Waals surface area contributed by atoms with Crippen LogP contribution < -0.4 is 5.32 Å². The van der Waals surface area contributed by atoms with Crippen molar-refractivity contribution in [2.24, 2.45) is 5.41 Å². The van der Waals surface area contributed by atoms with Crippen molar-refractivity contribution in [3.8, 4) is 5.69 Å². The third-order valence-electron chi connectivity index (χ3n) is 9.27. The highest BCUT2D eigenvalue weighted by Crippen LogP contribution is 2.44. The quantitative estimate of drug-likeness (QED) is 0.104. The number of nitrogens with one attached hydrogen (secondary N) is 1. The van der Waals surface area contributed by atoms with Gasteiger partial charge in [0.25, 0.3) is 0 Å². The van der Waals surface area contributed by atoms with Crippen LogP contribution in [-0.4, -0.2) is 77.2 Å². The smallest absolute Gasteiger partial charge is 0.407 e. The van der Waals surface area contributed by atoms with Crippen molar-refractivity contribution in [3.05, 3.63) is 130 Å². The van der Waals surface area contributed by atoms with Gasteiger partial charge < -0.3 is 15.2 Å². The number of ether oxygens (including phenoxy) is 1. The number of carbonyl (C=O) groups is 2. The molecule has 0 aliphatic carbocycles.